The molecule has 0 aliphatic carbocycles. The molecular formula is C26H28O4. The summed E-state index contributed by atoms with van der Waals surface area (Å²) >= 11 is 0. The van der Waals surface area contributed by atoms with Crippen LogP contribution in [0, 0.1) is 0 Å². The summed E-state index contributed by atoms with van der Waals surface area (Å²) in [6.07, 6.45) is -1.24. The molecule has 0 N–H and O–H groups in total. The first-order chi connectivity index (χ1) is 15.3. The summed E-state index contributed by atoms with van der Waals surface area (Å²) in [4.78, 5) is 0. The molecule has 1 heterocycles. The molecule has 4 rings (SSSR count). The molecule has 0 unspecified atom stereocenters. The van der Waals surface area contributed by atoms with Crippen LogP contribution in [0.15, 0.2) is 91.0 Å². The normalized spacial score (nSPS) is 23.9. The van der Waals surface area contributed by atoms with Crippen LogP contribution in [0.4, 0.5) is 0 Å². The fourth-order valence-electron chi connectivity index (χ4n) is 3.42. The Bertz CT molecular complexity index is 891. The van der Waals surface area contributed by atoms with Gasteiger partial charge in [-0.3, -0.25) is 0 Å². The van der Waals surface area contributed by atoms with Gasteiger partial charge in [0.15, 0.2) is 0 Å². The number of rotatable bonds is 10. The van der Waals surface area contributed by atoms with Crippen molar-refractivity contribution in [1.82, 2.24) is 0 Å². The minimum atomic E-state index is -0.824. The average molecular weight is 406 g/mol. The second-order valence-electron chi connectivity index (χ2n) is 7.33. The van der Waals surface area contributed by atoms with Gasteiger partial charge in [-0.1, -0.05) is 91.0 Å². The highest BCUT2D eigenvalue weighted by Crippen LogP contribution is 2.24. The molecule has 0 aromatic heterocycles. The first kappa shape index (κ1) is 19.5. The molecule has 0 radical (unpaired) electrons. The topological polar surface area (TPSA) is 36.9 Å². The molecule has 4 heteroatoms. The summed E-state index contributed by atoms with van der Waals surface area (Å²) in [6.45, 7) is 0.851. The molecule has 1 saturated heterocycles. The predicted octanol–water partition coefficient (Wildman–Crippen LogP) is 4.77. The van der Waals surface area contributed by atoms with E-state index >= 15 is 0 Å². The third-order valence-electron chi connectivity index (χ3n) is 5.04. The van der Waals surface area contributed by atoms with Crippen LogP contribution in [0.1, 0.15) is 18.1 Å². The zero-order valence-corrected chi connectivity index (χ0v) is 16.9. The zero-order chi connectivity index (χ0) is 21.3. The Hall–Kier alpha value is -2.50. The van der Waals surface area contributed by atoms with Crippen molar-refractivity contribution in [3.63, 3.8) is 0 Å². The van der Waals surface area contributed by atoms with Gasteiger partial charge in [-0.05, 0) is 16.7 Å². The number of hydrogen-bond donors (Lipinski definition) is 0. The molecule has 0 amide bonds. The van der Waals surface area contributed by atoms with Gasteiger partial charge in [0.05, 0.1) is 34.4 Å². The summed E-state index contributed by atoms with van der Waals surface area (Å²) < 4.78 is 32.5. The van der Waals surface area contributed by atoms with E-state index in [1.165, 1.54) is 0 Å². The fourth-order valence-corrected chi connectivity index (χ4v) is 3.42. The maximum Gasteiger partial charge on any atom is 0.115 e. The van der Waals surface area contributed by atoms with Gasteiger partial charge < -0.3 is 18.9 Å². The van der Waals surface area contributed by atoms with Gasteiger partial charge in [0.2, 0.25) is 0 Å². The van der Waals surface area contributed by atoms with E-state index in [0.717, 1.165) is 16.7 Å². The molecule has 0 bridgehead atoms. The van der Waals surface area contributed by atoms with Gasteiger partial charge >= 0.3 is 0 Å². The van der Waals surface area contributed by atoms with Crippen molar-refractivity contribution in [3.05, 3.63) is 108 Å². The first-order valence-electron chi connectivity index (χ1n) is 10.9. The lowest BCUT2D eigenvalue weighted by Crippen LogP contribution is -2.37. The molecule has 1 fully saturated rings. The van der Waals surface area contributed by atoms with Crippen molar-refractivity contribution in [2.45, 2.75) is 38.1 Å². The maximum atomic E-state index is 8.42. The average Bonchev–Trinajstić information content (AvgIpc) is 3.12. The molecule has 30 heavy (non-hydrogen) atoms. The van der Waals surface area contributed by atoms with E-state index in [1.807, 2.05) is 91.0 Å². The minimum absolute atomic E-state index is 0.342. The SMILES string of the molecule is [2H][C@@H]1O[C@H](COCc2ccccc2)[C@H](OCc2ccccc2)[C@@H]1OCc1ccccc1. The predicted molar refractivity (Wildman–Crippen MR) is 116 cm³/mol. The Kier molecular flexibility index (Phi) is 7.16. The highest BCUT2D eigenvalue weighted by Gasteiger charge is 2.39. The highest BCUT2D eigenvalue weighted by molar-refractivity contribution is 5.15. The van der Waals surface area contributed by atoms with Gasteiger partial charge in [-0.25, -0.2) is 0 Å². The van der Waals surface area contributed by atoms with Gasteiger partial charge in [-0.15, -0.1) is 0 Å². The van der Waals surface area contributed by atoms with Crippen molar-refractivity contribution in [2.75, 3.05) is 13.2 Å². The molecule has 1 aliphatic rings. The van der Waals surface area contributed by atoms with Crippen LogP contribution in [0.25, 0.3) is 0 Å². The first-order valence-corrected chi connectivity index (χ1v) is 10.3. The largest absolute Gasteiger partial charge is 0.374 e. The lowest BCUT2D eigenvalue weighted by atomic mass is 10.1. The molecule has 156 valence electrons. The van der Waals surface area contributed by atoms with E-state index in [1.54, 1.807) is 0 Å². The van der Waals surface area contributed by atoms with Gasteiger partial charge in [0.1, 0.15) is 18.3 Å². The molecule has 4 nitrogen and oxygen atoms in total. The van der Waals surface area contributed by atoms with Crippen LogP contribution in [0.5, 0.6) is 0 Å². The third kappa shape index (κ3) is 6.00. The second kappa shape index (κ2) is 11.0. The summed E-state index contributed by atoms with van der Waals surface area (Å²) in [5.74, 6) is 0. The fraction of sp³-hybridized carbons (Fsp3) is 0.308. The highest BCUT2D eigenvalue weighted by atomic mass is 16.6. The summed E-state index contributed by atoms with van der Waals surface area (Å²) in [5, 5.41) is 0. The zero-order valence-electron chi connectivity index (χ0n) is 17.9. The Morgan fingerprint density at radius 2 is 1.20 bits per heavy atom. The van der Waals surface area contributed by atoms with Crippen molar-refractivity contribution < 1.29 is 20.3 Å². The Balaban J connectivity index is 1.39. The molecule has 0 spiro atoms. The van der Waals surface area contributed by atoms with Crippen molar-refractivity contribution in [3.8, 4) is 0 Å². The number of ether oxygens (including phenoxy) is 4. The monoisotopic (exact) mass is 405 g/mol. The van der Waals surface area contributed by atoms with Crippen LogP contribution < -0.4 is 0 Å². The van der Waals surface area contributed by atoms with E-state index in [9.17, 15) is 0 Å². The minimum Gasteiger partial charge on any atom is -0.374 e. The number of benzene rings is 3. The van der Waals surface area contributed by atoms with E-state index in [2.05, 4.69) is 0 Å². The third-order valence-corrected chi connectivity index (χ3v) is 5.04. The summed E-state index contributed by atoms with van der Waals surface area (Å²) in [5.41, 5.74) is 3.23. The summed E-state index contributed by atoms with van der Waals surface area (Å²) in [7, 11) is 0. The van der Waals surface area contributed by atoms with E-state index in [0.29, 0.717) is 26.4 Å². The summed E-state index contributed by atoms with van der Waals surface area (Å²) in [6, 6.07) is 30.0. The van der Waals surface area contributed by atoms with Gasteiger partial charge in [0.25, 0.3) is 0 Å². The van der Waals surface area contributed by atoms with E-state index < -0.39 is 12.7 Å². The molecule has 4 atom stereocenters. The van der Waals surface area contributed by atoms with Crippen LogP contribution in [0.3, 0.4) is 0 Å². The Morgan fingerprint density at radius 1 is 0.700 bits per heavy atom. The van der Waals surface area contributed by atoms with Gasteiger partial charge in [-0.2, -0.15) is 0 Å². The lowest BCUT2D eigenvalue weighted by molar-refractivity contribution is -0.0895. The van der Waals surface area contributed by atoms with Crippen molar-refractivity contribution in [2.24, 2.45) is 0 Å². The molecule has 3 aromatic rings. The van der Waals surface area contributed by atoms with Crippen molar-refractivity contribution in [1.29, 1.82) is 0 Å². The quantitative estimate of drug-likeness (QED) is 0.487. The van der Waals surface area contributed by atoms with Crippen LogP contribution >= 0.6 is 0 Å². The molecule has 0 saturated carbocycles. The number of hydrogen-bond acceptors (Lipinski definition) is 4. The maximum absolute atomic E-state index is 8.42. The van der Waals surface area contributed by atoms with E-state index in [4.69, 9.17) is 20.3 Å². The van der Waals surface area contributed by atoms with E-state index in [-0.39, 0.29) is 12.2 Å². The molecular weight excluding hydrogens is 376 g/mol. The Morgan fingerprint density at radius 3 is 1.77 bits per heavy atom. The van der Waals surface area contributed by atoms with Crippen LogP contribution in [-0.4, -0.2) is 31.5 Å². The van der Waals surface area contributed by atoms with Crippen molar-refractivity contribution >= 4 is 0 Å². The van der Waals surface area contributed by atoms with Crippen LogP contribution in [0.2, 0.25) is 0 Å². The standard InChI is InChI=1S/C26H28O4/c1-4-10-21(11-5-1)16-27-19-24-26(30-18-23-14-8-3-9-15-23)25(20-29-24)28-17-22-12-6-2-7-13-22/h1-15,24-26H,16-20H2/t24-,25-,26+/m1/s1/i20D/t20-,24+,25+,26-/m0. The van der Waals surface area contributed by atoms with Crippen LogP contribution in [-0.2, 0) is 38.8 Å². The second-order valence-corrected chi connectivity index (χ2v) is 7.33. The lowest BCUT2D eigenvalue weighted by Gasteiger charge is -2.24. The smallest absolute Gasteiger partial charge is 0.115 e. The molecule has 1 aliphatic heterocycles. The van der Waals surface area contributed by atoms with Gasteiger partial charge in [0, 0.05) is 0 Å². The Labute approximate surface area is 179 Å². The molecule has 3 aromatic carbocycles.